The zero-order chi connectivity index (χ0) is 17.2. The number of aromatic nitrogens is 4. The minimum Gasteiger partial charge on any atom is -0.467 e. The summed E-state index contributed by atoms with van der Waals surface area (Å²) >= 11 is 5.72. The Labute approximate surface area is 131 Å². The van der Waals surface area contributed by atoms with Gasteiger partial charge in [0.05, 0.1) is 7.11 Å². The van der Waals surface area contributed by atoms with Gasteiger partial charge in [0.15, 0.2) is 11.5 Å². The van der Waals surface area contributed by atoms with Crippen LogP contribution in [0.4, 0.5) is 13.2 Å². The molecule has 0 aliphatic rings. The fraction of sp³-hybridized carbons (Fsp3) is 0.364. The van der Waals surface area contributed by atoms with E-state index in [9.17, 15) is 22.8 Å². The molecule has 2 rings (SSSR count). The van der Waals surface area contributed by atoms with Crippen LogP contribution in [-0.4, -0.2) is 51.0 Å². The first-order chi connectivity index (χ1) is 10.7. The van der Waals surface area contributed by atoms with Gasteiger partial charge < -0.3 is 10.1 Å². The SMILES string of the molecule is COC(=O)C(Cc1nnc2ccc(Cl)nn12)NC(=O)C(F)(F)F. The molecule has 23 heavy (non-hydrogen) atoms. The maximum Gasteiger partial charge on any atom is 0.471 e. The van der Waals surface area contributed by atoms with Gasteiger partial charge in [0.25, 0.3) is 0 Å². The van der Waals surface area contributed by atoms with Crippen LogP contribution in [0.2, 0.25) is 5.15 Å². The monoisotopic (exact) mass is 351 g/mol. The summed E-state index contributed by atoms with van der Waals surface area (Å²) in [5.74, 6) is -3.31. The van der Waals surface area contributed by atoms with E-state index in [1.165, 1.54) is 12.1 Å². The first-order valence-corrected chi connectivity index (χ1v) is 6.42. The Kier molecular flexibility index (Phi) is 4.68. The molecule has 0 saturated heterocycles. The molecule has 2 aromatic rings. The molecule has 2 heterocycles. The van der Waals surface area contributed by atoms with Crippen LogP contribution in [0.3, 0.4) is 0 Å². The molecule has 0 aliphatic heterocycles. The highest BCUT2D eigenvalue weighted by atomic mass is 35.5. The standard InChI is InChI=1S/C11H9ClF3N5O3/c1-23-9(21)5(16-10(22)11(13,14)15)4-8-18-17-7-3-2-6(12)19-20(7)8/h2-3,5H,4H2,1H3,(H,16,22). The fourth-order valence-corrected chi connectivity index (χ4v) is 1.84. The Bertz CT molecular complexity index is 748. The number of carbonyl (C=O) groups is 2. The van der Waals surface area contributed by atoms with Crippen molar-refractivity contribution >= 4 is 29.1 Å². The van der Waals surface area contributed by atoms with Crippen LogP contribution in [0, 0.1) is 0 Å². The van der Waals surface area contributed by atoms with E-state index in [0.29, 0.717) is 0 Å². The highest BCUT2D eigenvalue weighted by Gasteiger charge is 2.41. The maximum absolute atomic E-state index is 12.3. The topological polar surface area (TPSA) is 98.5 Å². The first-order valence-electron chi connectivity index (χ1n) is 6.04. The number of ether oxygens (including phenoxy) is 1. The van der Waals surface area contributed by atoms with Crippen LogP contribution in [-0.2, 0) is 20.7 Å². The highest BCUT2D eigenvalue weighted by Crippen LogP contribution is 2.15. The lowest BCUT2D eigenvalue weighted by Crippen LogP contribution is -2.48. The molecule has 0 radical (unpaired) electrons. The lowest BCUT2D eigenvalue weighted by molar-refractivity contribution is -0.175. The molecule has 1 unspecified atom stereocenters. The van der Waals surface area contributed by atoms with E-state index in [1.807, 2.05) is 0 Å². The molecule has 1 amide bonds. The number of hydrogen-bond donors (Lipinski definition) is 1. The largest absolute Gasteiger partial charge is 0.471 e. The second-order valence-electron chi connectivity index (χ2n) is 4.29. The predicted molar refractivity (Wildman–Crippen MR) is 69.5 cm³/mol. The molecule has 8 nitrogen and oxygen atoms in total. The van der Waals surface area contributed by atoms with Crippen LogP contribution >= 0.6 is 11.6 Å². The molecule has 1 atom stereocenters. The minimum absolute atomic E-state index is 0.0281. The molecular formula is C11H9ClF3N5O3. The van der Waals surface area contributed by atoms with E-state index in [1.54, 1.807) is 5.32 Å². The molecular weight excluding hydrogens is 343 g/mol. The normalized spacial score (nSPS) is 12.9. The fourth-order valence-electron chi connectivity index (χ4n) is 1.70. The number of alkyl halides is 3. The van der Waals surface area contributed by atoms with Crippen molar-refractivity contribution in [3.05, 3.63) is 23.1 Å². The highest BCUT2D eigenvalue weighted by molar-refractivity contribution is 6.29. The number of rotatable bonds is 4. The lowest BCUT2D eigenvalue weighted by atomic mass is 10.2. The summed E-state index contributed by atoms with van der Waals surface area (Å²) < 4.78 is 42.5. The maximum atomic E-state index is 12.3. The molecule has 0 bridgehead atoms. The van der Waals surface area contributed by atoms with Crippen molar-refractivity contribution in [3.8, 4) is 0 Å². The average Bonchev–Trinajstić information content (AvgIpc) is 2.87. The molecule has 12 heteroatoms. The van der Waals surface area contributed by atoms with Crippen LogP contribution in [0.25, 0.3) is 5.65 Å². The van der Waals surface area contributed by atoms with E-state index in [2.05, 4.69) is 20.0 Å². The second-order valence-corrected chi connectivity index (χ2v) is 4.68. The summed E-state index contributed by atoms with van der Waals surface area (Å²) in [5, 5.41) is 13.0. The van der Waals surface area contributed by atoms with Gasteiger partial charge in [0.1, 0.15) is 11.2 Å². The average molecular weight is 352 g/mol. The van der Waals surface area contributed by atoms with Crippen molar-refractivity contribution in [2.24, 2.45) is 0 Å². The van der Waals surface area contributed by atoms with Gasteiger partial charge in [0, 0.05) is 6.42 Å². The van der Waals surface area contributed by atoms with E-state index in [-0.39, 0.29) is 16.6 Å². The van der Waals surface area contributed by atoms with Crippen molar-refractivity contribution in [1.29, 1.82) is 0 Å². The molecule has 0 aliphatic carbocycles. The number of esters is 1. The smallest absolute Gasteiger partial charge is 0.467 e. The van der Waals surface area contributed by atoms with Gasteiger partial charge in [-0.05, 0) is 12.1 Å². The van der Waals surface area contributed by atoms with Gasteiger partial charge in [-0.3, -0.25) is 4.79 Å². The summed E-state index contributed by atoms with van der Waals surface area (Å²) in [5.41, 5.74) is 0.273. The van der Waals surface area contributed by atoms with E-state index < -0.39 is 30.5 Å². The first kappa shape index (κ1) is 16.9. The van der Waals surface area contributed by atoms with Crippen LogP contribution in [0.5, 0.6) is 0 Å². The van der Waals surface area contributed by atoms with Crippen LogP contribution in [0.1, 0.15) is 5.82 Å². The number of amides is 1. The quantitative estimate of drug-likeness (QED) is 0.807. The third-order valence-corrected chi connectivity index (χ3v) is 2.93. The summed E-state index contributed by atoms with van der Waals surface area (Å²) in [7, 11) is 0.978. The summed E-state index contributed by atoms with van der Waals surface area (Å²) in [6.45, 7) is 0. The molecule has 2 aromatic heterocycles. The van der Waals surface area contributed by atoms with Gasteiger partial charge in [-0.2, -0.15) is 22.8 Å². The minimum atomic E-state index is -5.14. The number of nitrogens with zero attached hydrogens (tertiary/aromatic N) is 4. The Morgan fingerprint density at radius 2 is 2.09 bits per heavy atom. The van der Waals surface area contributed by atoms with Gasteiger partial charge >= 0.3 is 18.1 Å². The number of hydrogen-bond acceptors (Lipinski definition) is 6. The summed E-state index contributed by atoms with van der Waals surface area (Å²) in [6, 6.07) is 1.31. The van der Waals surface area contributed by atoms with Gasteiger partial charge in [0.2, 0.25) is 0 Å². The molecule has 0 saturated carbocycles. The Morgan fingerprint density at radius 1 is 1.39 bits per heavy atom. The van der Waals surface area contributed by atoms with Crippen molar-refractivity contribution < 1.29 is 27.5 Å². The van der Waals surface area contributed by atoms with E-state index in [4.69, 9.17) is 11.6 Å². The molecule has 124 valence electrons. The van der Waals surface area contributed by atoms with Crippen molar-refractivity contribution in [2.45, 2.75) is 18.6 Å². The summed E-state index contributed by atoms with van der Waals surface area (Å²) in [6.07, 6.45) is -5.55. The Hall–Kier alpha value is -2.43. The van der Waals surface area contributed by atoms with Crippen molar-refractivity contribution in [1.82, 2.24) is 25.1 Å². The van der Waals surface area contributed by atoms with Gasteiger partial charge in [-0.15, -0.1) is 10.2 Å². The number of carbonyl (C=O) groups excluding carboxylic acids is 2. The summed E-state index contributed by atoms with van der Waals surface area (Å²) in [4.78, 5) is 22.6. The zero-order valence-corrected chi connectivity index (χ0v) is 12.2. The number of nitrogens with one attached hydrogen (secondary N) is 1. The second kappa shape index (κ2) is 6.36. The zero-order valence-electron chi connectivity index (χ0n) is 11.5. The molecule has 0 spiro atoms. The van der Waals surface area contributed by atoms with Crippen molar-refractivity contribution in [3.63, 3.8) is 0 Å². The molecule has 0 fully saturated rings. The van der Waals surface area contributed by atoms with E-state index >= 15 is 0 Å². The molecule has 1 N–H and O–H groups in total. The predicted octanol–water partition coefficient (Wildman–Crippen LogP) is 0.540. The third kappa shape index (κ3) is 3.86. The number of fused-ring (bicyclic) bond motifs is 1. The van der Waals surface area contributed by atoms with Crippen LogP contribution in [0.15, 0.2) is 12.1 Å². The van der Waals surface area contributed by atoms with Crippen LogP contribution < -0.4 is 5.32 Å². The van der Waals surface area contributed by atoms with E-state index in [0.717, 1.165) is 11.6 Å². The van der Waals surface area contributed by atoms with Gasteiger partial charge in [-0.25, -0.2) is 4.79 Å². The van der Waals surface area contributed by atoms with Crippen molar-refractivity contribution in [2.75, 3.05) is 7.11 Å². The number of methoxy groups -OCH3 is 1. The van der Waals surface area contributed by atoms with Gasteiger partial charge in [-0.1, -0.05) is 11.6 Å². The molecule has 0 aromatic carbocycles. The number of halogens is 4. The Morgan fingerprint density at radius 3 is 2.70 bits per heavy atom. The Balaban J connectivity index is 2.28. The lowest BCUT2D eigenvalue weighted by Gasteiger charge is -2.16. The third-order valence-electron chi connectivity index (χ3n) is 2.73.